The molecular weight excluding hydrogens is 178 g/mol. The van der Waals surface area contributed by atoms with E-state index in [9.17, 15) is 4.79 Å². The molecule has 0 aliphatic carbocycles. The normalized spacial score (nSPS) is 15.1. The minimum absolute atomic E-state index is 0.409. The van der Waals surface area contributed by atoms with Crippen molar-refractivity contribution < 1.29 is 10.9 Å². The van der Waals surface area contributed by atoms with Crippen LogP contribution in [0, 0.1) is 0 Å². The van der Waals surface area contributed by atoms with Gasteiger partial charge in [-0.25, -0.2) is 4.79 Å². The van der Waals surface area contributed by atoms with Crippen LogP contribution in [0.2, 0.25) is 0 Å². The van der Waals surface area contributed by atoms with Crippen LogP contribution in [0.4, 0.5) is 10.5 Å². The van der Waals surface area contributed by atoms with Crippen LogP contribution in [0.3, 0.4) is 0 Å². The smallest absolute Gasteiger partial charge is 0.411 e. The summed E-state index contributed by atoms with van der Waals surface area (Å²) in [6, 6.07) is 9.06. The first kappa shape index (κ1) is 9.06. The van der Waals surface area contributed by atoms with Crippen molar-refractivity contribution in [1.82, 2.24) is 0 Å². The van der Waals surface area contributed by atoms with Gasteiger partial charge in [0.2, 0.25) is 0 Å². The number of hydrogen-bond donors (Lipinski definition) is 1. The molecule has 0 radical (unpaired) electrons. The van der Waals surface area contributed by atoms with E-state index in [2.05, 4.69) is 5.32 Å². The summed E-state index contributed by atoms with van der Waals surface area (Å²) in [7, 11) is 0. The van der Waals surface area contributed by atoms with Gasteiger partial charge in [-0.3, -0.25) is 5.32 Å². The van der Waals surface area contributed by atoms with E-state index in [0.717, 1.165) is 0 Å². The Morgan fingerprint density at radius 3 is 2.79 bits per heavy atom. The SMILES string of the molecule is [2H][C@H](C)[C@@H](C)OC(=O)Nc1ccccc1. The molecule has 0 aromatic heterocycles. The molecule has 1 aromatic rings. The van der Waals surface area contributed by atoms with E-state index in [1.807, 2.05) is 18.2 Å². The highest BCUT2D eigenvalue weighted by atomic mass is 16.6. The fourth-order valence-electron chi connectivity index (χ4n) is 0.906. The summed E-state index contributed by atoms with van der Waals surface area (Å²) in [6.07, 6.45) is -1.35. The van der Waals surface area contributed by atoms with Gasteiger partial charge < -0.3 is 4.74 Å². The molecule has 14 heavy (non-hydrogen) atoms. The van der Waals surface area contributed by atoms with Crippen LogP contribution in [0.1, 0.15) is 21.6 Å². The second kappa shape index (κ2) is 5.27. The van der Waals surface area contributed by atoms with Gasteiger partial charge in [0.05, 0.1) is 0 Å². The molecular formula is C11H15NO2. The molecule has 1 aromatic carbocycles. The molecule has 0 aliphatic rings. The van der Waals surface area contributed by atoms with Crippen LogP contribution in [0.25, 0.3) is 0 Å². The molecule has 0 heterocycles. The monoisotopic (exact) mass is 194 g/mol. The van der Waals surface area contributed by atoms with Crippen molar-refractivity contribution in [1.29, 1.82) is 0 Å². The summed E-state index contributed by atoms with van der Waals surface area (Å²) < 4.78 is 12.3. The maximum Gasteiger partial charge on any atom is 0.411 e. The average molecular weight is 194 g/mol. The average Bonchev–Trinajstić information content (AvgIpc) is 2.18. The standard InChI is InChI=1S/C11H15NO2/c1-3-9(2)14-11(13)12-10-7-5-4-6-8-10/h4-9H,3H2,1-2H3,(H,12,13)/t9-/m1/s1/i3D/t3-,9-. The maximum absolute atomic E-state index is 11.3. The van der Waals surface area contributed by atoms with Crippen LogP contribution in [0.15, 0.2) is 30.3 Å². The minimum atomic E-state index is -0.521. The molecule has 0 aliphatic heterocycles. The predicted octanol–water partition coefficient (Wildman–Crippen LogP) is 3.03. The van der Waals surface area contributed by atoms with E-state index >= 15 is 0 Å². The summed E-state index contributed by atoms with van der Waals surface area (Å²) in [5.74, 6) is 0. The van der Waals surface area contributed by atoms with Crippen molar-refractivity contribution >= 4 is 11.8 Å². The minimum Gasteiger partial charge on any atom is -0.446 e. The molecule has 0 saturated heterocycles. The van der Waals surface area contributed by atoms with Gasteiger partial charge in [0.25, 0.3) is 0 Å². The summed E-state index contributed by atoms with van der Waals surface area (Å²) >= 11 is 0. The number of anilines is 1. The van der Waals surface area contributed by atoms with E-state index < -0.39 is 18.6 Å². The fourth-order valence-corrected chi connectivity index (χ4v) is 0.906. The molecule has 0 spiro atoms. The van der Waals surface area contributed by atoms with Crippen molar-refractivity contribution in [3.05, 3.63) is 30.3 Å². The van der Waals surface area contributed by atoms with Crippen molar-refractivity contribution in [2.24, 2.45) is 0 Å². The van der Waals surface area contributed by atoms with Crippen LogP contribution in [-0.2, 0) is 4.74 Å². The zero-order chi connectivity index (χ0) is 11.3. The number of carbonyl (C=O) groups is 1. The molecule has 3 nitrogen and oxygen atoms in total. The molecule has 0 fully saturated rings. The van der Waals surface area contributed by atoms with E-state index in [4.69, 9.17) is 6.11 Å². The molecule has 0 bridgehead atoms. The fraction of sp³-hybridized carbons (Fsp3) is 0.364. The Morgan fingerprint density at radius 2 is 2.21 bits per heavy atom. The number of amides is 1. The summed E-state index contributed by atoms with van der Waals surface area (Å²) in [5.41, 5.74) is 0.687. The molecule has 3 heteroatoms. The Bertz CT molecular complexity index is 314. The molecule has 1 rings (SSSR count). The molecule has 0 unspecified atom stereocenters. The maximum atomic E-state index is 11.3. The van der Waals surface area contributed by atoms with Crippen LogP contribution < -0.4 is 5.32 Å². The second-order valence-corrected chi connectivity index (χ2v) is 2.93. The van der Waals surface area contributed by atoms with E-state index in [1.165, 1.54) is 0 Å². The quantitative estimate of drug-likeness (QED) is 0.803. The molecule has 1 N–H and O–H groups in total. The lowest BCUT2D eigenvalue weighted by Crippen LogP contribution is -2.19. The number of benzene rings is 1. The lowest BCUT2D eigenvalue weighted by atomic mass is 10.3. The van der Waals surface area contributed by atoms with Gasteiger partial charge >= 0.3 is 6.09 Å². The zero-order valence-electron chi connectivity index (χ0n) is 9.36. The number of ether oxygens (including phenoxy) is 1. The summed E-state index contributed by atoms with van der Waals surface area (Å²) in [6.45, 7) is 3.38. The lowest BCUT2D eigenvalue weighted by Gasteiger charge is -2.11. The van der Waals surface area contributed by atoms with Crippen molar-refractivity contribution in [2.45, 2.75) is 26.3 Å². The topological polar surface area (TPSA) is 38.3 Å². The van der Waals surface area contributed by atoms with Crippen LogP contribution in [0.5, 0.6) is 0 Å². The van der Waals surface area contributed by atoms with Gasteiger partial charge in [-0.2, -0.15) is 0 Å². The largest absolute Gasteiger partial charge is 0.446 e. The third kappa shape index (κ3) is 3.47. The third-order valence-corrected chi connectivity index (χ3v) is 1.78. The van der Waals surface area contributed by atoms with Crippen LogP contribution in [-0.4, -0.2) is 12.2 Å². The Balaban J connectivity index is 2.43. The molecule has 0 saturated carbocycles. The van der Waals surface area contributed by atoms with Crippen molar-refractivity contribution in [3.8, 4) is 0 Å². The zero-order valence-corrected chi connectivity index (χ0v) is 8.36. The number of hydrogen-bond acceptors (Lipinski definition) is 2. The number of nitrogens with one attached hydrogen (secondary N) is 1. The van der Waals surface area contributed by atoms with E-state index in [1.54, 1.807) is 26.0 Å². The molecule has 2 atom stereocenters. The third-order valence-electron chi connectivity index (χ3n) is 1.78. The molecule has 1 amide bonds. The van der Waals surface area contributed by atoms with Gasteiger partial charge in [0.15, 0.2) is 0 Å². The summed E-state index contributed by atoms with van der Waals surface area (Å²) in [5, 5.41) is 2.58. The highest BCUT2D eigenvalue weighted by Crippen LogP contribution is 2.06. The first-order valence-corrected chi connectivity index (χ1v) is 4.54. The second-order valence-electron chi connectivity index (χ2n) is 2.93. The van der Waals surface area contributed by atoms with Crippen molar-refractivity contribution in [3.63, 3.8) is 0 Å². The van der Waals surface area contributed by atoms with E-state index in [0.29, 0.717) is 5.69 Å². The molecule has 76 valence electrons. The summed E-state index contributed by atoms with van der Waals surface area (Å²) in [4.78, 5) is 11.3. The van der Waals surface area contributed by atoms with Gasteiger partial charge in [0, 0.05) is 7.06 Å². The Labute approximate surface area is 85.5 Å². The predicted molar refractivity (Wildman–Crippen MR) is 56.3 cm³/mol. The Kier molecular flexibility index (Phi) is 3.41. The first-order chi connectivity index (χ1) is 7.09. The highest BCUT2D eigenvalue weighted by Gasteiger charge is 2.06. The lowest BCUT2D eigenvalue weighted by molar-refractivity contribution is 0.118. The van der Waals surface area contributed by atoms with Gasteiger partial charge in [-0.1, -0.05) is 25.1 Å². The number of rotatable bonds is 3. The van der Waals surface area contributed by atoms with Gasteiger partial charge in [0.1, 0.15) is 6.10 Å². The van der Waals surface area contributed by atoms with Crippen molar-refractivity contribution in [2.75, 3.05) is 5.32 Å². The number of carbonyl (C=O) groups excluding carboxylic acids is 1. The highest BCUT2D eigenvalue weighted by molar-refractivity contribution is 5.84. The van der Waals surface area contributed by atoms with E-state index in [-0.39, 0.29) is 0 Å². The number of para-hydroxylation sites is 1. The first-order valence-electron chi connectivity index (χ1n) is 5.12. The van der Waals surface area contributed by atoms with Gasteiger partial charge in [-0.05, 0) is 25.5 Å². The van der Waals surface area contributed by atoms with Gasteiger partial charge in [-0.15, -0.1) is 0 Å². The Hall–Kier alpha value is -1.51. The Morgan fingerprint density at radius 1 is 1.57 bits per heavy atom. The van der Waals surface area contributed by atoms with Crippen LogP contribution >= 0.6 is 0 Å².